The minimum absolute atomic E-state index is 0. The zero-order valence-corrected chi connectivity index (χ0v) is 49.5. The van der Waals surface area contributed by atoms with Gasteiger partial charge in [-0.1, -0.05) is 14.9 Å². The summed E-state index contributed by atoms with van der Waals surface area (Å²) in [5.74, 6) is 1.20. The maximum Gasteiger partial charge on any atom is 0 e. The molecule has 0 bridgehead atoms. The van der Waals surface area contributed by atoms with Crippen molar-refractivity contribution in [1.29, 1.82) is 0 Å². The molecule has 5 N–H and O–H groups in total. The second kappa shape index (κ2) is 52.5. The zero-order chi connectivity index (χ0) is 44.1. The molecule has 12 nitrogen and oxygen atoms in total. The van der Waals surface area contributed by atoms with E-state index < -0.39 is 64.7 Å². The summed E-state index contributed by atoms with van der Waals surface area (Å²) in [6.07, 6.45) is -16.3. The molecule has 0 aliphatic rings. The van der Waals surface area contributed by atoms with Gasteiger partial charge in [0.25, 0.3) is 0 Å². The fourth-order valence-corrected chi connectivity index (χ4v) is 1.90. The Balaban J connectivity index is -0.0000000401. The Morgan fingerprint density at radius 2 is 1.08 bits per heavy atom. The van der Waals surface area contributed by atoms with Gasteiger partial charge in [0, 0.05) is 77.6 Å². The van der Waals surface area contributed by atoms with Crippen molar-refractivity contribution in [1.82, 2.24) is 30.4 Å². The van der Waals surface area contributed by atoms with Crippen molar-refractivity contribution in [3.8, 4) is 0 Å². The van der Waals surface area contributed by atoms with Gasteiger partial charge in [-0.2, -0.15) is 68.0 Å². The van der Waals surface area contributed by atoms with Gasteiger partial charge in [0.2, 0.25) is 5.78 Å². The minimum atomic E-state index is -4.73. The third kappa shape index (κ3) is 60.5. The maximum absolute atomic E-state index is 12.1. The number of aldehydes is 1. The molecule has 0 atom stereocenters. The Bertz CT molecular complexity index is 1330. The van der Waals surface area contributed by atoms with Gasteiger partial charge in [-0.05, 0) is 14.0 Å². The van der Waals surface area contributed by atoms with Crippen LogP contribution in [-0.4, -0.2) is 74.9 Å². The van der Waals surface area contributed by atoms with Crippen molar-refractivity contribution in [2.75, 3.05) is 14.1 Å². The van der Waals surface area contributed by atoms with Crippen LogP contribution in [0.4, 0.5) is 52.7 Å². The molecule has 363 valence electrons. The van der Waals surface area contributed by atoms with Crippen LogP contribution in [-0.2, 0) is 82.7 Å². The Kier molecular flexibility index (Phi) is 84.4. The molecule has 2 aromatic heterocycles. The summed E-state index contributed by atoms with van der Waals surface area (Å²) < 4.78 is 141. The first-order valence-electron chi connectivity index (χ1n) is 11.9. The van der Waals surface area contributed by atoms with Crippen LogP contribution in [0.1, 0.15) is 60.8 Å². The number of carboxylic acids is 1. The Morgan fingerprint density at radius 3 is 1.23 bits per heavy atom. The number of nitrogens with one attached hydrogen (secondary N) is 2. The SMILES string of the molecule is C.C.CC(=O)C(F)(F)F.CNN.CNN=C(C)C(F)(F)F.Cn1cc(C(=O)O)c(C(F)(F)F)n1.Cn1cc(C=O)c(C(F)(F)F)n1.[CH2-]I.[CH3-].[CH3-].[CH3-].[I][V]([I])[I].[I][V][I].[V].[V]. The van der Waals surface area contributed by atoms with Crippen molar-refractivity contribution >= 4 is 146 Å². The third-order valence-corrected chi connectivity index (χ3v) is 3.67. The second-order valence-corrected chi connectivity index (χ2v) is 54.8. The number of aryl methyl sites for hydroxylation is 2. The monoisotopic (exact) mass is 1730 g/mol. The minimum Gasteiger partial charge on any atom is 0 e. The normalized spacial score (nSPS) is 9.48. The summed E-state index contributed by atoms with van der Waals surface area (Å²) in [7, 11) is 6.14. The number of halogens is 18. The van der Waals surface area contributed by atoms with Crippen LogP contribution in [0.2, 0.25) is 0 Å². The molecule has 2 radical (unpaired) electrons. The van der Waals surface area contributed by atoms with Gasteiger partial charge in [0.05, 0.1) is 5.56 Å². The summed E-state index contributed by atoms with van der Waals surface area (Å²) in [6.45, 7) is 1.39. The van der Waals surface area contributed by atoms with E-state index in [-0.39, 0.29) is 85.5 Å². The first-order valence-corrected chi connectivity index (χ1v) is 35.9. The van der Waals surface area contributed by atoms with E-state index in [1.54, 1.807) is 7.05 Å². The average Bonchev–Trinajstić information content (AvgIpc) is 3.58. The number of ketones is 1. The average molecular weight is 1730 g/mol. The predicted molar refractivity (Wildman–Crippen MR) is 249 cm³/mol. The standard InChI is InChI=1S/C6H5F3N2O2.C6H5F3N2O.C4H7F3N2.C3H3F3O.CH2I.CH6N2.2CH4.3CH3.5HI.4V/c1-11-2-3(5(12)13)4(10-11)6(7,8)9;1-11-2-4(3-12)5(10-11)6(7,8)9;1-3(9-8-2)4(5,6)7;1-2(7)3(4,5)6;1-2;1-3-2;;;;;;;;;;;;;;/h2H,1H3,(H,12,13);2-3H,1H3;8H,1-2H3;1H3;1H2;3H,2H2,1H3;2*1H4;3*1H3;5*1H;;;;/q;;;;-1;;;;3*-1;;;;;;;;+2;+3/p-5. The Hall–Kier alpha value is 2.50. The number of hydrazine groups is 1. The van der Waals surface area contributed by atoms with Crippen molar-refractivity contribution in [2.45, 2.75) is 53.4 Å². The molecule has 0 spiro atoms. The number of carbonyl (C=O) groups is 3. The van der Waals surface area contributed by atoms with E-state index in [0.717, 1.165) is 28.7 Å². The topological polar surface area (TPSA) is 170 Å². The molecule has 0 fully saturated rings. The number of nitrogens with two attached hydrogens (primary N) is 1. The molecule has 34 heteroatoms. The van der Waals surface area contributed by atoms with Crippen molar-refractivity contribution in [3.63, 3.8) is 0 Å². The maximum atomic E-state index is 12.1. The van der Waals surface area contributed by atoms with E-state index in [9.17, 15) is 67.1 Å². The third-order valence-electron chi connectivity index (χ3n) is 3.67. The van der Waals surface area contributed by atoms with Gasteiger partial charge in [0.1, 0.15) is 11.3 Å². The first-order chi connectivity index (χ1) is 23.8. The molecular formula is C26H45F12I6N8O4V4-4. The zero-order valence-electron chi connectivity index (χ0n) is 31.0. The van der Waals surface area contributed by atoms with Gasteiger partial charge in [-0.3, -0.25) is 35.2 Å². The molecule has 0 aliphatic heterocycles. The van der Waals surface area contributed by atoms with Gasteiger partial charge >= 0.3 is 145 Å². The van der Waals surface area contributed by atoms with Crippen molar-refractivity contribution < 1.29 is 124 Å². The fourth-order valence-electron chi connectivity index (χ4n) is 1.90. The molecule has 0 amide bonds. The Morgan fingerprint density at radius 1 is 0.817 bits per heavy atom. The van der Waals surface area contributed by atoms with Crippen LogP contribution in [0.25, 0.3) is 0 Å². The molecular weight excluding hydrogens is 1680 g/mol. The van der Waals surface area contributed by atoms with Crippen molar-refractivity contribution in [2.24, 2.45) is 25.0 Å². The van der Waals surface area contributed by atoms with Gasteiger partial charge in [-0.15, -0.1) is 0 Å². The molecule has 0 aromatic carbocycles. The quantitative estimate of drug-likeness (QED) is 0.0444. The number of hydrogen-bond acceptors (Lipinski definition) is 9. The summed E-state index contributed by atoms with van der Waals surface area (Å²) >= 11 is 14.0. The van der Waals surface area contributed by atoms with Crippen LogP contribution in [0.3, 0.4) is 0 Å². The molecule has 2 rings (SSSR count). The molecule has 0 saturated carbocycles. The summed E-state index contributed by atoms with van der Waals surface area (Å²) in [5.41, 5.74) is -0.368. The molecule has 2 aromatic rings. The summed E-state index contributed by atoms with van der Waals surface area (Å²) in [5, 5.41) is 17.5. The number of hydrazone groups is 1. The number of rotatable bonds is 3. The van der Waals surface area contributed by atoms with Gasteiger partial charge < -0.3 is 55.4 Å². The molecule has 60 heavy (non-hydrogen) atoms. The van der Waals surface area contributed by atoms with E-state index in [1.807, 2.05) is 28.0 Å². The summed E-state index contributed by atoms with van der Waals surface area (Å²) in [6, 6.07) is 0. The van der Waals surface area contributed by atoms with E-state index in [1.165, 1.54) is 21.1 Å². The number of Topliss-reactive ketones (excluding diaryl/α,β-unsaturated/α-hetero) is 1. The number of carboxylic acid groups (broad SMARTS) is 1. The number of nitrogens with zero attached hydrogens (tertiary/aromatic N) is 5. The van der Waals surface area contributed by atoms with Crippen LogP contribution >= 0.6 is 122 Å². The largest absolute Gasteiger partial charge is 0 e. The van der Waals surface area contributed by atoms with Crippen LogP contribution in [0.5, 0.6) is 0 Å². The van der Waals surface area contributed by atoms with Crippen LogP contribution in [0.15, 0.2) is 17.5 Å². The van der Waals surface area contributed by atoms with E-state index in [0.29, 0.717) is 16.4 Å². The number of aromatic carboxylic acids is 1. The van der Waals surface area contributed by atoms with Gasteiger partial charge in [0.15, 0.2) is 17.7 Å². The van der Waals surface area contributed by atoms with Crippen LogP contribution < -0.4 is 16.7 Å². The Labute approximate surface area is 448 Å². The molecule has 0 saturated heterocycles. The first kappa shape index (κ1) is 96.5. The smallest absolute Gasteiger partial charge is 0 e. The summed E-state index contributed by atoms with van der Waals surface area (Å²) in [4.78, 5) is 32.7. The molecule has 2 heterocycles. The van der Waals surface area contributed by atoms with Gasteiger partial charge in [-0.25, -0.2) is 4.79 Å². The van der Waals surface area contributed by atoms with E-state index in [2.05, 4.69) is 131 Å². The number of aromatic nitrogens is 4. The predicted octanol–water partition coefficient (Wildman–Crippen LogP) is 12.0. The fraction of sp³-hybridized carbons (Fsp3) is 0.462. The number of hydrogen-bond donors (Lipinski definition) is 4. The van der Waals surface area contributed by atoms with E-state index in [4.69, 9.17) is 5.11 Å². The second-order valence-electron chi connectivity index (χ2n) is 7.61. The van der Waals surface area contributed by atoms with E-state index >= 15 is 0 Å². The number of carbonyl (C=O) groups excluding carboxylic acids is 2. The molecule has 0 unspecified atom stereocenters. The van der Waals surface area contributed by atoms with Crippen LogP contribution in [0, 0.1) is 27.2 Å². The molecule has 0 aliphatic carbocycles. The van der Waals surface area contributed by atoms with Crippen molar-refractivity contribution in [3.05, 3.63) is 62.1 Å². The number of alkyl halides is 12.